The van der Waals surface area contributed by atoms with Gasteiger partial charge in [0.05, 0.1) is 4.90 Å². The first-order valence-corrected chi connectivity index (χ1v) is 9.97. The van der Waals surface area contributed by atoms with Crippen LogP contribution in [0.25, 0.3) is 0 Å². The van der Waals surface area contributed by atoms with Crippen LogP contribution in [0.2, 0.25) is 0 Å². The SMILES string of the molecule is O=S(=O)(NCC1CC2CCC1C2)c1ccc(Br)cc1Br. The van der Waals surface area contributed by atoms with Crippen LogP contribution in [0.4, 0.5) is 0 Å². The maximum atomic E-state index is 12.4. The molecule has 0 amide bonds. The highest BCUT2D eigenvalue weighted by atomic mass is 79.9. The number of nitrogens with one attached hydrogen (secondary N) is 1. The van der Waals surface area contributed by atoms with E-state index in [2.05, 4.69) is 36.6 Å². The molecule has 20 heavy (non-hydrogen) atoms. The summed E-state index contributed by atoms with van der Waals surface area (Å²) in [5.41, 5.74) is 0. The van der Waals surface area contributed by atoms with Crippen molar-refractivity contribution in [1.82, 2.24) is 4.72 Å². The molecule has 1 aromatic rings. The zero-order valence-corrected chi connectivity index (χ0v) is 15.0. The van der Waals surface area contributed by atoms with Crippen LogP contribution in [0.1, 0.15) is 25.7 Å². The summed E-state index contributed by atoms with van der Waals surface area (Å²) >= 11 is 6.65. The lowest BCUT2D eigenvalue weighted by atomic mass is 9.89. The summed E-state index contributed by atoms with van der Waals surface area (Å²) in [7, 11) is -3.43. The van der Waals surface area contributed by atoms with Gasteiger partial charge in [0.15, 0.2) is 0 Å². The molecule has 0 saturated heterocycles. The van der Waals surface area contributed by atoms with Crippen molar-refractivity contribution in [2.45, 2.75) is 30.6 Å². The quantitative estimate of drug-likeness (QED) is 0.798. The second-order valence-electron chi connectivity index (χ2n) is 5.86. The highest BCUT2D eigenvalue weighted by Crippen LogP contribution is 2.48. The fraction of sp³-hybridized carbons (Fsp3) is 0.571. The molecule has 3 nitrogen and oxygen atoms in total. The minimum absolute atomic E-state index is 0.309. The first kappa shape index (κ1) is 15.0. The van der Waals surface area contributed by atoms with Crippen LogP contribution in [0, 0.1) is 17.8 Å². The summed E-state index contributed by atoms with van der Waals surface area (Å²) < 4.78 is 29.0. The van der Waals surface area contributed by atoms with Crippen molar-refractivity contribution < 1.29 is 8.42 Å². The number of hydrogen-bond acceptors (Lipinski definition) is 2. The van der Waals surface area contributed by atoms with Gasteiger partial charge in [0.1, 0.15) is 0 Å². The summed E-state index contributed by atoms with van der Waals surface area (Å²) in [6.45, 7) is 0.575. The molecule has 0 spiro atoms. The highest BCUT2D eigenvalue weighted by Gasteiger charge is 2.39. The van der Waals surface area contributed by atoms with Gasteiger partial charge in [0.2, 0.25) is 10.0 Å². The standard InChI is InChI=1S/C14H17Br2NO2S/c15-12-3-4-14(13(16)7-12)20(18,19)17-8-11-6-9-1-2-10(11)5-9/h3-4,7,9-11,17H,1-2,5-6,8H2. The second-order valence-corrected chi connectivity index (χ2v) is 9.37. The van der Waals surface area contributed by atoms with E-state index in [0.29, 0.717) is 21.8 Å². The van der Waals surface area contributed by atoms with E-state index in [1.807, 2.05) is 0 Å². The fourth-order valence-electron chi connectivity index (χ4n) is 3.61. The average molecular weight is 423 g/mol. The molecule has 2 saturated carbocycles. The topological polar surface area (TPSA) is 46.2 Å². The van der Waals surface area contributed by atoms with Crippen LogP contribution in [0.3, 0.4) is 0 Å². The molecule has 3 rings (SSSR count). The van der Waals surface area contributed by atoms with E-state index in [9.17, 15) is 8.42 Å². The average Bonchev–Trinajstić information content (AvgIpc) is 2.98. The van der Waals surface area contributed by atoms with E-state index in [-0.39, 0.29) is 0 Å². The monoisotopic (exact) mass is 421 g/mol. The van der Waals surface area contributed by atoms with Gasteiger partial charge in [-0.05, 0) is 71.1 Å². The smallest absolute Gasteiger partial charge is 0.211 e. The Morgan fingerprint density at radius 1 is 1.20 bits per heavy atom. The van der Waals surface area contributed by atoms with Crippen molar-refractivity contribution in [3.63, 3.8) is 0 Å². The molecule has 2 aliphatic rings. The van der Waals surface area contributed by atoms with Gasteiger partial charge >= 0.3 is 0 Å². The third kappa shape index (κ3) is 2.98. The second kappa shape index (κ2) is 5.71. The van der Waals surface area contributed by atoms with Gasteiger partial charge in [-0.1, -0.05) is 22.4 Å². The summed E-state index contributed by atoms with van der Waals surface area (Å²) in [6, 6.07) is 5.13. The Hall–Kier alpha value is 0.0900. The zero-order chi connectivity index (χ0) is 14.3. The van der Waals surface area contributed by atoms with Gasteiger partial charge in [-0.2, -0.15) is 0 Å². The largest absolute Gasteiger partial charge is 0.241 e. The Kier molecular flexibility index (Phi) is 4.28. The Labute approximate surface area is 136 Å². The third-order valence-electron chi connectivity index (χ3n) is 4.60. The molecule has 0 heterocycles. The number of sulfonamides is 1. The number of fused-ring (bicyclic) bond motifs is 2. The summed E-state index contributed by atoms with van der Waals surface area (Å²) in [6.07, 6.45) is 5.11. The molecule has 2 aliphatic carbocycles. The van der Waals surface area contributed by atoms with Crippen molar-refractivity contribution >= 4 is 41.9 Å². The molecule has 2 fully saturated rings. The van der Waals surface area contributed by atoms with Crippen molar-refractivity contribution in [2.75, 3.05) is 6.54 Å². The molecule has 0 radical (unpaired) electrons. The van der Waals surface area contributed by atoms with Gasteiger partial charge in [-0.15, -0.1) is 0 Å². The van der Waals surface area contributed by atoms with Crippen LogP contribution in [-0.4, -0.2) is 15.0 Å². The molecule has 110 valence electrons. The van der Waals surface area contributed by atoms with Gasteiger partial charge in [-0.25, -0.2) is 13.1 Å². The minimum Gasteiger partial charge on any atom is -0.211 e. The lowest BCUT2D eigenvalue weighted by Crippen LogP contribution is -2.31. The van der Waals surface area contributed by atoms with Crippen LogP contribution in [-0.2, 0) is 10.0 Å². The fourth-order valence-corrected chi connectivity index (χ4v) is 6.45. The molecular formula is C14H17Br2NO2S. The van der Waals surface area contributed by atoms with Crippen molar-refractivity contribution in [2.24, 2.45) is 17.8 Å². The molecule has 0 aliphatic heterocycles. The minimum atomic E-state index is -3.43. The molecule has 3 unspecified atom stereocenters. The summed E-state index contributed by atoms with van der Waals surface area (Å²) in [5.74, 6) is 2.10. The number of benzene rings is 1. The molecule has 1 N–H and O–H groups in total. The highest BCUT2D eigenvalue weighted by molar-refractivity contribution is 9.11. The molecule has 2 bridgehead atoms. The molecule has 1 aromatic carbocycles. The van der Waals surface area contributed by atoms with Gasteiger partial charge < -0.3 is 0 Å². The maximum absolute atomic E-state index is 12.4. The van der Waals surface area contributed by atoms with Crippen LogP contribution >= 0.6 is 31.9 Å². The summed E-state index contributed by atoms with van der Waals surface area (Å²) in [4.78, 5) is 0.309. The molecule has 6 heteroatoms. The van der Waals surface area contributed by atoms with Crippen molar-refractivity contribution in [1.29, 1.82) is 0 Å². The lowest BCUT2D eigenvalue weighted by molar-refractivity contribution is 0.333. The first-order chi connectivity index (χ1) is 9.45. The van der Waals surface area contributed by atoms with Crippen LogP contribution < -0.4 is 4.72 Å². The van der Waals surface area contributed by atoms with Gasteiger partial charge in [0, 0.05) is 15.5 Å². The van der Waals surface area contributed by atoms with Gasteiger partial charge in [-0.3, -0.25) is 0 Å². The van der Waals surface area contributed by atoms with Gasteiger partial charge in [0.25, 0.3) is 0 Å². The summed E-state index contributed by atoms with van der Waals surface area (Å²) in [5, 5.41) is 0. The number of hydrogen-bond donors (Lipinski definition) is 1. The van der Waals surface area contributed by atoms with E-state index in [1.54, 1.807) is 18.2 Å². The predicted octanol–water partition coefficient (Wildman–Crippen LogP) is 3.93. The van der Waals surface area contributed by atoms with E-state index in [1.165, 1.54) is 25.7 Å². The number of halogens is 2. The van der Waals surface area contributed by atoms with Crippen molar-refractivity contribution in [3.8, 4) is 0 Å². The lowest BCUT2D eigenvalue weighted by Gasteiger charge is -2.22. The third-order valence-corrected chi connectivity index (χ3v) is 7.50. The maximum Gasteiger partial charge on any atom is 0.241 e. The van der Waals surface area contributed by atoms with E-state index in [0.717, 1.165) is 16.3 Å². The Morgan fingerprint density at radius 3 is 2.60 bits per heavy atom. The Bertz CT molecular complexity index is 618. The van der Waals surface area contributed by atoms with Crippen LogP contribution in [0.5, 0.6) is 0 Å². The molecular weight excluding hydrogens is 406 g/mol. The Balaban J connectivity index is 1.69. The normalized spacial score (nSPS) is 29.0. The Morgan fingerprint density at radius 2 is 2.00 bits per heavy atom. The van der Waals surface area contributed by atoms with E-state index < -0.39 is 10.0 Å². The van der Waals surface area contributed by atoms with E-state index >= 15 is 0 Å². The van der Waals surface area contributed by atoms with Crippen molar-refractivity contribution in [3.05, 3.63) is 27.1 Å². The zero-order valence-electron chi connectivity index (χ0n) is 11.0. The van der Waals surface area contributed by atoms with Crippen LogP contribution in [0.15, 0.2) is 32.0 Å². The first-order valence-electron chi connectivity index (χ1n) is 6.90. The molecule has 3 atom stereocenters. The predicted molar refractivity (Wildman–Crippen MR) is 86.0 cm³/mol. The number of rotatable bonds is 4. The molecule has 0 aromatic heterocycles. The van der Waals surface area contributed by atoms with E-state index in [4.69, 9.17) is 0 Å².